The lowest BCUT2D eigenvalue weighted by Crippen LogP contribution is -2.16. The Hall–Kier alpha value is -1.64. The third-order valence-corrected chi connectivity index (χ3v) is 2.43. The van der Waals surface area contributed by atoms with E-state index in [1.54, 1.807) is 14.2 Å². The minimum Gasteiger partial charge on any atom is -0.458 e. The van der Waals surface area contributed by atoms with Gasteiger partial charge in [0.1, 0.15) is 6.61 Å². The highest BCUT2D eigenvalue weighted by Gasteiger charge is 2.15. The first-order valence-corrected chi connectivity index (χ1v) is 6.25. The second-order valence-electron chi connectivity index (χ2n) is 3.93. The first kappa shape index (κ1) is 16.4. The molecule has 1 aromatic rings. The van der Waals surface area contributed by atoms with Crippen molar-refractivity contribution < 1.29 is 23.7 Å². The van der Waals surface area contributed by atoms with Crippen molar-refractivity contribution in [2.24, 2.45) is 7.05 Å². The number of nitrogens with zero attached hydrogens (tertiary/aromatic N) is 2. The van der Waals surface area contributed by atoms with Crippen molar-refractivity contribution in [2.45, 2.75) is 0 Å². The second kappa shape index (κ2) is 9.29. The molecule has 0 saturated carbocycles. The highest BCUT2D eigenvalue weighted by atomic mass is 16.6. The molecule has 8 heteroatoms. The van der Waals surface area contributed by atoms with Crippen LogP contribution in [0, 0.1) is 0 Å². The minimum absolute atomic E-state index is 0.154. The number of ether oxygens (including phenoxy) is 4. The molecular formula is C12H21N3O5. The fourth-order valence-electron chi connectivity index (χ4n) is 1.43. The fourth-order valence-corrected chi connectivity index (χ4v) is 1.43. The van der Waals surface area contributed by atoms with Gasteiger partial charge in [-0.25, -0.2) is 4.79 Å². The molecule has 8 nitrogen and oxygen atoms in total. The van der Waals surface area contributed by atoms with Crippen LogP contribution in [0.15, 0.2) is 6.20 Å². The number of carbonyl (C=O) groups excluding carboxylic acids is 1. The summed E-state index contributed by atoms with van der Waals surface area (Å²) in [7, 11) is 3.24. The van der Waals surface area contributed by atoms with E-state index in [1.165, 1.54) is 10.9 Å². The van der Waals surface area contributed by atoms with Crippen molar-refractivity contribution in [2.75, 3.05) is 52.5 Å². The monoisotopic (exact) mass is 287 g/mol. The van der Waals surface area contributed by atoms with Crippen molar-refractivity contribution >= 4 is 11.7 Å². The lowest BCUT2D eigenvalue weighted by Gasteiger charge is -2.07. The highest BCUT2D eigenvalue weighted by Crippen LogP contribution is 2.10. The van der Waals surface area contributed by atoms with E-state index in [2.05, 4.69) is 5.10 Å². The van der Waals surface area contributed by atoms with Crippen LogP contribution in [0.1, 0.15) is 10.5 Å². The number of anilines is 1. The summed E-state index contributed by atoms with van der Waals surface area (Å²) in [5.41, 5.74) is 6.15. The summed E-state index contributed by atoms with van der Waals surface area (Å²) in [6.45, 7) is 2.47. The summed E-state index contributed by atoms with van der Waals surface area (Å²) >= 11 is 0. The zero-order chi connectivity index (χ0) is 14.8. The molecule has 0 aliphatic heterocycles. The molecule has 1 aromatic heterocycles. The number of aryl methyl sites for hydroxylation is 1. The SMILES string of the molecule is COCCOCCOCCOC(=O)c1c(N)cnn1C. The Kier molecular flexibility index (Phi) is 7.63. The van der Waals surface area contributed by atoms with Crippen LogP contribution < -0.4 is 5.73 Å². The van der Waals surface area contributed by atoms with Crippen molar-refractivity contribution in [1.29, 1.82) is 0 Å². The average molecular weight is 287 g/mol. The molecule has 1 rings (SSSR count). The van der Waals surface area contributed by atoms with Gasteiger partial charge in [0.05, 0.1) is 44.9 Å². The summed E-state index contributed by atoms with van der Waals surface area (Å²) in [4.78, 5) is 11.7. The molecule has 0 unspecified atom stereocenters. The Labute approximate surface area is 117 Å². The van der Waals surface area contributed by atoms with Crippen molar-refractivity contribution in [3.63, 3.8) is 0 Å². The zero-order valence-corrected chi connectivity index (χ0v) is 11.8. The first-order valence-electron chi connectivity index (χ1n) is 6.25. The van der Waals surface area contributed by atoms with Gasteiger partial charge in [0.15, 0.2) is 5.69 Å². The van der Waals surface area contributed by atoms with Gasteiger partial charge in [-0.2, -0.15) is 5.10 Å². The van der Waals surface area contributed by atoms with Gasteiger partial charge >= 0.3 is 5.97 Å². The van der Waals surface area contributed by atoms with Gasteiger partial charge in [-0.15, -0.1) is 0 Å². The van der Waals surface area contributed by atoms with E-state index in [0.717, 1.165) is 0 Å². The maximum atomic E-state index is 11.7. The van der Waals surface area contributed by atoms with Gasteiger partial charge in [0.25, 0.3) is 0 Å². The van der Waals surface area contributed by atoms with E-state index in [4.69, 9.17) is 24.7 Å². The molecule has 0 spiro atoms. The number of rotatable bonds is 10. The fraction of sp³-hybridized carbons (Fsp3) is 0.667. The van der Waals surface area contributed by atoms with E-state index in [1.807, 2.05) is 0 Å². The van der Waals surface area contributed by atoms with Gasteiger partial charge in [-0.05, 0) is 0 Å². The van der Waals surface area contributed by atoms with E-state index in [-0.39, 0.29) is 12.3 Å². The summed E-state index contributed by atoms with van der Waals surface area (Å²) in [5.74, 6) is -0.512. The summed E-state index contributed by atoms with van der Waals surface area (Å²) in [6.07, 6.45) is 1.41. The molecule has 0 bridgehead atoms. The Morgan fingerprint density at radius 3 is 2.35 bits per heavy atom. The van der Waals surface area contributed by atoms with E-state index in [0.29, 0.717) is 38.7 Å². The number of nitrogens with two attached hydrogens (primary N) is 1. The molecular weight excluding hydrogens is 266 g/mol. The second-order valence-corrected chi connectivity index (χ2v) is 3.93. The van der Waals surface area contributed by atoms with Crippen LogP contribution in [-0.2, 0) is 26.0 Å². The van der Waals surface area contributed by atoms with Crippen LogP contribution in [0.3, 0.4) is 0 Å². The molecule has 0 saturated heterocycles. The van der Waals surface area contributed by atoms with E-state index in [9.17, 15) is 4.79 Å². The maximum Gasteiger partial charge on any atom is 0.358 e. The number of hydrogen-bond acceptors (Lipinski definition) is 7. The molecule has 0 aliphatic carbocycles. The molecule has 0 aliphatic rings. The number of hydrogen-bond donors (Lipinski definition) is 1. The molecule has 0 fully saturated rings. The standard InChI is InChI=1S/C12H21N3O5/c1-15-11(10(13)9-14-15)12(16)20-8-7-19-6-5-18-4-3-17-2/h9H,3-8,13H2,1-2H3. The molecule has 1 heterocycles. The van der Waals surface area contributed by atoms with Crippen LogP contribution in [0.25, 0.3) is 0 Å². The third-order valence-electron chi connectivity index (χ3n) is 2.43. The van der Waals surface area contributed by atoms with E-state index < -0.39 is 5.97 Å². The lowest BCUT2D eigenvalue weighted by atomic mass is 10.4. The molecule has 20 heavy (non-hydrogen) atoms. The number of nitrogen functional groups attached to an aromatic ring is 1. The predicted molar refractivity (Wildman–Crippen MR) is 71.4 cm³/mol. The number of methoxy groups -OCH3 is 1. The zero-order valence-electron chi connectivity index (χ0n) is 11.8. The molecule has 0 amide bonds. The third kappa shape index (κ3) is 5.55. The van der Waals surface area contributed by atoms with Crippen molar-refractivity contribution in [1.82, 2.24) is 9.78 Å². The van der Waals surface area contributed by atoms with Gasteiger partial charge in [-0.1, -0.05) is 0 Å². The molecule has 2 N–H and O–H groups in total. The van der Waals surface area contributed by atoms with Crippen LogP contribution in [0.2, 0.25) is 0 Å². The van der Waals surface area contributed by atoms with Crippen LogP contribution in [0.5, 0.6) is 0 Å². The Morgan fingerprint density at radius 1 is 1.20 bits per heavy atom. The Bertz CT molecular complexity index is 388. The molecule has 0 radical (unpaired) electrons. The van der Waals surface area contributed by atoms with Crippen LogP contribution in [-0.4, -0.2) is 62.5 Å². The van der Waals surface area contributed by atoms with Gasteiger partial charge in [-0.3, -0.25) is 4.68 Å². The normalized spacial score (nSPS) is 10.7. The van der Waals surface area contributed by atoms with Gasteiger partial charge in [0, 0.05) is 14.2 Å². The van der Waals surface area contributed by atoms with Crippen LogP contribution in [0.4, 0.5) is 5.69 Å². The van der Waals surface area contributed by atoms with Crippen molar-refractivity contribution in [3.8, 4) is 0 Å². The number of aromatic nitrogens is 2. The predicted octanol–water partition coefficient (Wildman–Crippen LogP) is -0.161. The molecule has 0 aromatic carbocycles. The highest BCUT2D eigenvalue weighted by molar-refractivity contribution is 5.92. The summed E-state index contributed by atoms with van der Waals surface area (Å²) < 4.78 is 21.7. The number of carbonyl (C=O) groups is 1. The smallest absolute Gasteiger partial charge is 0.358 e. The van der Waals surface area contributed by atoms with Gasteiger partial charge in [0.2, 0.25) is 0 Å². The van der Waals surface area contributed by atoms with Gasteiger partial charge < -0.3 is 24.7 Å². The van der Waals surface area contributed by atoms with E-state index >= 15 is 0 Å². The quantitative estimate of drug-likeness (QED) is 0.471. The largest absolute Gasteiger partial charge is 0.458 e. The Morgan fingerprint density at radius 2 is 1.80 bits per heavy atom. The number of esters is 1. The Balaban J connectivity index is 2.06. The summed E-state index contributed by atoms with van der Waals surface area (Å²) in [5, 5.41) is 3.86. The first-order chi connectivity index (χ1) is 9.66. The summed E-state index contributed by atoms with van der Waals surface area (Å²) in [6, 6.07) is 0. The lowest BCUT2D eigenvalue weighted by molar-refractivity contribution is 0.00535. The minimum atomic E-state index is -0.512. The van der Waals surface area contributed by atoms with Crippen LogP contribution >= 0.6 is 0 Å². The maximum absolute atomic E-state index is 11.7. The molecule has 0 atom stereocenters. The van der Waals surface area contributed by atoms with Crippen molar-refractivity contribution in [3.05, 3.63) is 11.9 Å². The average Bonchev–Trinajstić information content (AvgIpc) is 2.76. The molecule has 114 valence electrons. The topological polar surface area (TPSA) is 97.8 Å².